The van der Waals surface area contributed by atoms with E-state index in [1.165, 1.54) is 24.1 Å². The molecule has 2 aromatic rings. The van der Waals surface area contributed by atoms with Crippen LogP contribution in [0.3, 0.4) is 0 Å². The average molecular weight is 339 g/mol. The molecule has 1 fully saturated rings. The molecular formula is C20H29N5. The Kier molecular flexibility index (Phi) is 4.92. The molecule has 1 aromatic carbocycles. The molecule has 25 heavy (non-hydrogen) atoms. The quantitative estimate of drug-likeness (QED) is 0.879. The standard InChI is InChI=1S/C20H29N5/c1-2-17-5-3-4-6-19(17)24-11-8-18(9-12-24)21-13-16-14-22-20-7-10-23-25(20)15-16/h3-7,10,16,18,21-22H,2,8-9,11-15H2,1H3. The van der Waals surface area contributed by atoms with Gasteiger partial charge < -0.3 is 15.5 Å². The van der Waals surface area contributed by atoms with E-state index in [0.717, 1.165) is 45.0 Å². The van der Waals surface area contributed by atoms with Gasteiger partial charge in [0.15, 0.2) is 0 Å². The monoisotopic (exact) mass is 339 g/mol. The van der Waals surface area contributed by atoms with Crippen LogP contribution in [0.4, 0.5) is 11.5 Å². The maximum Gasteiger partial charge on any atom is 0.124 e. The summed E-state index contributed by atoms with van der Waals surface area (Å²) in [5, 5.41) is 11.7. The van der Waals surface area contributed by atoms with Crippen LogP contribution in [0.15, 0.2) is 36.5 Å². The highest BCUT2D eigenvalue weighted by Gasteiger charge is 2.23. The maximum absolute atomic E-state index is 4.38. The van der Waals surface area contributed by atoms with Crippen LogP contribution in [0.1, 0.15) is 25.3 Å². The molecular weight excluding hydrogens is 310 g/mol. The first-order valence-corrected chi connectivity index (χ1v) is 9.65. The van der Waals surface area contributed by atoms with Crippen molar-refractivity contribution >= 4 is 11.5 Å². The number of piperidine rings is 1. The zero-order valence-corrected chi connectivity index (χ0v) is 15.1. The van der Waals surface area contributed by atoms with Crippen LogP contribution in [0, 0.1) is 5.92 Å². The third kappa shape index (κ3) is 3.66. The molecule has 4 rings (SSSR count). The minimum absolute atomic E-state index is 0.617. The molecule has 134 valence electrons. The van der Waals surface area contributed by atoms with Crippen molar-refractivity contribution < 1.29 is 0 Å². The molecule has 1 unspecified atom stereocenters. The fraction of sp³-hybridized carbons (Fsp3) is 0.550. The highest BCUT2D eigenvalue weighted by Crippen LogP contribution is 2.25. The SMILES string of the molecule is CCc1ccccc1N1CCC(NCC2CNc3ccnn3C2)CC1. The van der Waals surface area contributed by atoms with Crippen molar-refractivity contribution in [3.63, 3.8) is 0 Å². The second kappa shape index (κ2) is 7.48. The lowest BCUT2D eigenvalue weighted by Crippen LogP contribution is -2.45. The van der Waals surface area contributed by atoms with Crippen LogP contribution < -0.4 is 15.5 Å². The van der Waals surface area contributed by atoms with Gasteiger partial charge in [0, 0.05) is 56.4 Å². The Hall–Kier alpha value is -2.01. The van der Waals surface area contributed by atoms with Crippen LogP contribution in [-0.2, 0) is 13.0 Å². The number of aromatic nitrogens is 2. The highest BCUT2D eigenvalue weighted by molar-refractivity contribution is 5.54. The summed E-state index contributed by atoms with van der Waals surface area (Å²) in [7, 11) is 0. The first kappa shape index (κ1) is 16.5. The van der Waals surface area contributed by atoms with Crippen molar-refractivity contribution in [2.75, 3.05) is 36.4 Å². The van der Waals surface area contributed by atoms with Gasteiger partial charge in [-0.3, -0.25) is 0 Å². The number of benzene rings is 1. The molecule has 3 heterocycles. The molecule has 0 bridgehead atoms. The number of para-hydroxylation sites is 1. The molecule has 1 saturated heterocycles. The van der Waals surface area contributed by atoms with E-state index >= 15 is 0 Å². The van der Waals surface area contributed by atoms with Gasteiger partial charge in [0.2, 0.25) is 0 Å². The van der Waals surface area contributed by atoms with E-state index in [1.54, 1.807) is 0 Å². The molecule has 0 saturated carbocycles. The van der Waals surface area contributed by atoms with Gasteiger partial charge in [0.1, 0.15) is 5.82 Å². The fourth-order valence-electron chi connectivity index (χ4n) is 4.10. The summed E-state index contributed by atoms with van der Waals surface area (Å²) >= 11 is 0. The van der Waals surface area contributed by atoms with Crippen molar-refractivity contribution in [3.05, 3.63) is 42.1 Å². The first-order valence-electron chi connectivity index (χ1n) is 9.65. The minimum atomic E-state index is 0.617. The minimum Gasteiger partial charge on any atom is -0.371 e. The third-order valence-electron chi connectivity index (χ3n) is 5.62. The lowest BCUT2D eigenvalue weighted by atomic mass is 10.0. The maximum atomic E-state index is 4.38. The van der Waals surface area contributed by atoms with Gasteiger partial charge in [-0.15, -0.1) is 0 Å². The summed E-state index contributed by atoms with van der Waals surface area (Å²) < 4.78 is 2.08. The van der Waals surface area contributed by atoms with Crippen LogP contribution in [-0.4, -0.2) is 42.0 Å². The van der Waals surface area contributed by atoms with E-state index in [9.17, 15) is 0 Å². The van der Waals surface area contributed by atoms with Crippen molar-refractivity contribution in [3.8, 4) is 0 Å². The summed E-state index contributed by atoms with van der Waals surface area (Å²) in [4.78, 5) is 2.56. The highest BCUT2D eigenvalue weighted by atomic mass is 15.3. The normalized spacial score (nSPS) is 21.0. The summed E-state index contributed by atoms with van der Waals surface area (Å²) in [6, 6.07) is 11.6. The third-order valence-corrected chi connectivity index (χ3v) is 5.62. The zero-order valence-electron chi connectivity index (χ0n) is 15.1. The molecule has 2 aliphatic rings. The molecule has 0 aliphatic carbocycles. The Labute approximate surface area is 150 Å². The van der Waals surface area contributed by atoms with Crippen molar-refractivity contribution in [1.82, 2.24) is 15.1 Å². The van der Waals surface area contributed by atoms with Gasteiger partial charge >= 0.3 is 0 Å². The van der Waals surface area contributed by atoms with E-state index in [-0.39, 0.29) is 0 Å². The topological polar surface area (TPSA) is 45.1 Å². The van der Waals surface area contributed by atoms with E-state index in [1.807, 2.05) is 12.3 Å². The number of hydrogen-bond donors (Lipinski definition) is 2. The molecule has 5 nitrogen and oxygen atoms in total. The van der Waals surface area contributed by atoms with Crippen molar-refractivity contribution in [1.29, 1.82) is 0 Å². The number of nitrogens with zero attached hydrogens (tertiary/aromatic N) is 3. The van der Waals surface area contributed by atoms with E-state index in [0.29, 0.717) is 12.0 Å². The molecule has 0 spiro atoms. The van der Waals surface area contributed by atoms with E-state index in [2.05, 4.69) is 56.5 Å². The van der Waals surface area contributed by atoms with Crippen molar-refractivity contribution in [2.24, 2.45) is 5.92 Å². The molecule has 1 aromatic heterocycles. The average Bonchev–Trinajstić information content (AvgIpc) is 3.14. The van der Waals surface area contributed by atoms with E-state index < -0.39 is 0 Å². The molecule has 2 N–H and O–H groups in total. The largest absolute Gasteiger partial charge is 0.371 e. The predicted molar refractivity (Wildman–Crippen MR) is 103 cm³/mol. The Balaban J connectivity index is 1.25. The summed E-state index contributed by atoms with van der Waals surface area (Å²) in [5.41, 5.74) is 2.91. The molecule has 5 heteroatoms. The van der Waals surface area contributed by atoms with Gasteiger partial charge in [0.25, 0.3) is 0 Å². The number of hydrogen-bond acceptors (Lipinski definition) is 4. The van der Waals surface area contributed by atoms with Crippen LogP contribution in [0.25, 0.3) is 0 Å². The molecule has 2 aliphatic heterocycles. The lowest BCUT2D eigenvalue weighted by molar-refractivity contribution is 0.342. The Bertz CT molecular complexity index is 687. The second-order valence-corrected chi connectivity index (χ2v) is 7.30. The van der Waals surface area contributed by atoms with Crippen LogP contribution in [0.5, 0.6) is 0 Å². The molecule has 0 radical (unpaired) electrons. The van der Waals surface area contributed by atoms with Gasteiger partial charge in [-0.25, -0.2) is 4.68 Å². The number of aryl methyl sites for hydroxylation is 1. The predicted octanol–water partition coefficient (Wildman–Crippen LogP) is 2.75. The Morgan fingerprint density at radius 1 is 1.20 bits per heavy atom. The summed E-state index contributed by atoms with van der Waals surface area (Å²) in [5.74, 6) is 1.77. The fourth-order valence-corrected chi connectivity index (χ4v) is 4.10. The summed E-state index contributed by atoms with van der Waals surface area (Å²) in [6.07, 6.45) is 5.44. The van der Waals surface area contributed by atoms with Crippen molar-refractivity contribution in [2.45, 2.75) is 38.8 Å². The van der Waals surface area contributed by atoms with Gasteiger partial charge in [-0.2, -0.15) is 5.10 Å². The van der Waals surface area contributed by atoms with Crippen LogP contribution in [0.2, 0.25) is 0 Å². The smallest absolute Gasteiger partial charge is 0.124 e. The lowest BCUT2D eigenvalue weighted by Gasteiger charge is -2.36. The van der Waals surface area contributed by atoms with Crippen LogP contribution >= 0.6 is 0 Å². The first-order chi connectivity index (χ1) is 12.3. The molecule has 0 amide bonds. The second-order valence-electron chi connectivity index (χ2n) is 7.30. The van der Waals surface area contributed by atoms with Gasteiger partial charge in [-0.1, -0.05) is 25.1 Å². The summed E-state index contributed by atoms with van der Waals surface area (Å²) in [6.45, 7) is 7.69. The Morgan fingerprint density at radius 2 is 2.04 bits per heavy atom. The number of fused-ring (bicyclic) bond motifs is 1. The van der Waals surface area contributed by atoms with E-state index in [4.69, 9.17) is 0 Å². The van der Waals surface area contributed by atoms with Gasteiger partial charge in [-0.05, 0) is 30.9 Å². The number of anilines is 2. The molecule has 1 atom stereocenters. The number of nitrogens with one attached hydrogen (secondary N) is 2. The van der Waals surface area contributed by atoms with Gasteiger partial charge in [0.05, 0.1) is 6.20 Å². The Morgan fingerprint density at radius 3 is 2.88 bits per heavy atom. The number of rotatable bonds is 5. The zero-order chi connectivity index (χ0) is 17.1.